The molecule has 0 aliphatic rings. The van der Waals surface area contributed by atoms with Crippen LogP contribution in [0.15, 0.2) is 30.3 Å². The van der Waals surface area contributed by atoms with Crippen LogP contribution in [0, 0.1) is 0 Å². The molecule has 2 atom stereocenters. The van der Waals surface area contributed by atoms with Crippen LogP contribution in [0.4, 0.5) is 0 Å². The highest BCUT2D eigenvalue weighted by Crippen LogP contribution is 2.07. The van der Waals surface area contributed by atoms with Gasteiger partial charge in [-0.3, -0.25) is 4.21 Å². The molecular formula is C16H27NOS. The van der Waals surface area contributed by atoms with E-state index in [4.69, 9.17) is 0 Å². The molecule has 0 heterocycles. The maximum Gasteiger partial charge on any atom is 0.0485 e. The summed E-state index contributed by atoms with van der Waals surface area (Å²) in [6, 6.07) is 10.7. The second-order valence-electron chi connectivity index (χ2n) is 4.98. The van der Waals surface area contributed by atoms with Gasteiger partial charge in [0.25, 0.3) is 0 Å². The van der Waals surface area contributed by atoms with Gasteiger partial charge in [0.15, 0.2) is 0 Å². The van der Waals surface area contributed by atoms with Crippen molar-refractivity contribution in [2.75, 3.05) is 12.3 Å². The highest BCUT2D eigenvalue weighted by molar-refractivity contribution is 7.84. The van der Waals surface area contributed by atoms with Crippen molar-refractivity contribution in [2.45, 2.75) is 51.3 Å². The standard InChI is InChI=1S/C16H27NOS/c1-3-12-17-16(4-2)11-8-13-19(18)14-15-9-6-5-7-10-15/h5-7,9-10,16-17H,3-4,8,11-14H2,1-2H3. The second kappa shape index (κ2) is 10.2. The fraction of sp³-hybridized carbons (Fsp3) is 0.625. The monoisotopic (exact) mass is 281 g/mol. The Hall–Kier alpha value is -0.670. The summed E-state index contributed by atoms with van der Waals surface area (Å²) in [7, 11) is -0.723. The zero-order valence-corrected chi connectivity index (χ0v) is 13.0. The summed E-state index contributed by atoms with van der Waals surface area (Å²) in [5, 5.41) is 3.54. The molecule has 2 unspecified atom stereocenters. The molecule has 0 aromatic heterocycles. The molecule has 1 rings (SSSR count). The molecule has 0 spiro atoms. The fourth-order valence-electron chi connectivity index (χ4n) is 2.12. The van der Waals surface area contributed by atoms with Crippen molar-refractivity contribution in [2.24, 2.45) is 0 Å². The summed E-state index contributed by atoms with van der Waals surface area (Å²) in [5.41, 5.74) is 1.18. The van der Waals surface area contributed by atoms with Gasteiger partial charge in [-0.2, -0.15) is 0 Å². The Kier molecular flexibility index (Phi) is 8.76. The van der Waals surface area contributed by atoms with Crippen LogP contribution in [0.3, 0.4) is 0 Å². The van der Waals surface area contributed by atoms with Crippen molar-refractivity contribution in [3.05, 3.63) is 35.9 Å². The van der Waals surface area contributed by atoms with E-state index in [2.05, 4.69) is 31.3 Å². The van der Waals surface area contributed by atoms with Gasteiger partial charge in [-0.1, -0.05) is 44.2 Å². The van der Waals surface area contributed by atoms with Crippen molar-refractivity contribution < 1.29 is 4.21 Å². The van der Waals surface area contributed by atoms with Crippen molar-refractivity contribution >= 4 is 10.8 Å². The smallest absolute Gasteiger partial charge is 0.0485 e. The summed E-state index contributed by atoms with van der Waals surface area (Å²) in [6.07, 6.45) is 4.52. The van der Waals surface area contributed by atoms with Gasteiger partial charge in [0.05, 0.1) is 0 Å². The Morgan fingerprint density at radius 1 is 1.21 bits per heavy atom. The van der Waals surface area contributed by atoms with Crippen LogP contribution in [0.5, 0.6) is 0 Å². The summed E-state index contributed by atoms with van der Waals surface area (Å²) >= 11 is 0. The van der Waals surface area contributed by atoms with E-state index in [1.165, 1.54) is 12.0 Å². The Bertz CT molecular complexity index is 353. The molecule has 1 N–H and O–H groups in total. The number of hydrogen-bond acceptors (Lipinski definition) is 2. The van der Waals surface area contributed by atoms with Crippen LogP contribution >= 0.6 is 0 Å². The molecular weight excluding hydrogens is 254 g/mol. The maximum absolute atomic E-state index is 12.0. The first kappa shape index (κ1) is 16.4. The van der Waals surface area contributed by atoms with Gasteiger partial charge < -0.3 is 5.32 Å². The highest BCUT2D eigenvalue weighted by Gasteiger charge is 2.06. The molecule has 1 aromatic rings. The molecule has 19 heavy (non-hydrogen) atoms. The third kappa shape index (κ3) is 7.48. The molecule has 0 amide bonds. The quantitative estimate of drug-likeness (QED) is 0.711. The molecule has 0 saturated carbocycles. The molecule has 0 radical (unpaired) electrons. The lowest BCUT2D eigenvalue weighted by molar-refractivity contribution is 0.464. The van der Waals surface area contributed by atoms with Gasteiger partial charge in [-0.25, -0.2) is 0 Å². The molecule has 0 aliphatic heterocycles. The van der Waals surface area contributed by atoms with Crippen molar-refractivity contribution in [3.8, 4) is 0 Å². The van der Waals surface area contributed by atoms with Crippen LogP contribution in [-0.4, -0.2) is 22.5 Å². The van der Waals surface area contributed by atoms with E-state index in [1.807, 2.05) is 18.2 Å². The first-order valence-electron chi connectivity index (χ1n) is 7.38. The van der Waals surface area contributed by atoms with E-state index in [1.54, 1.807) is 0 Å². The first-order chi connectivity index (χ1) is 9.26. The zero-order valence-electron chi connectivity index (χ0n) is 12.2. The molecule has 0 aliphatic carbocycles. The minimum atomic E-state index is -0.723. The number of benzene rings is 1. The minimum absolute atomic E-state index is 0.591. The normalized spacial score (nSPS) is 14.2. The average Bonchev–Trinajstić information content (AvgIpc) is 2.43. The van der Waals surface area contributed by atoms with E-state index in [0.717, 1.165) is 31.6 Å². The topological polar surface area (TPSA) is 29.1 Å². The molecule has 0 fully saturated rings. The van der Waals surface area contributed by atoms with Gasteiger partial charge in [-0.05, 0) is 37.8 Å². The molecule has 2 nitrogen and oxygen atoms in total. The van der Waals surface area contributed by atoms with Gasteiger partial charge in [0, 0.05) is 28.3 Å². The predicted molar refractivity (Wildman–Crippen MR) is 84.8 cm³/mol. The number of hydrogen-bond donors (Lipinski definition) is 1. The summed E-state index contributed by atoms with van der Waals surface area (Å²) in [4.78, 5) is 0. The third-order valence-electron chi connectivity index (χ3n) is 3.27. The van der Waals surface area contributed by atoms with Gasteiger partial charge in [0.2, 0.25) is 0 Å². The Morgan fingerprint density at radius 3 is 2.58 bits per heavy atom. The van der Waals surface area contributed by atoms with E-state index >= 15 is 0 Å². The van der Waals surface area contributed by atoms with Gasteiger partial charge in [-0.15, -0.1) is 0 Å². The average molecular weight is 281 g/mol. The van der Waals surface area contributed by atoms with Gasteiger partial charge >= 0.3 is 0 Å². The van der Waals surface area contributed by atoms with E-state index in [9.17, 15) is 4.21 Å². The molecule has 108 valence electrons. The Morgan fingerprint density at radius 2 is 1.95 bits per heavy atom. The third-order valence-corrected chi connectivity index (χ3v) is 4.67. The van der Waals surface area contributed by atoms with Crippen LogP contribution in [0.2, 0.25) is 0 Å². The molecule has 0 saturated heterocycles. The predicted octanol–water partition coefficient (Wildman–Crippen LogP) is 3.49. The Labute approximate surface area is 120 Å². The van der Waals surface area contributed by atoms with E-state index < -0.39 is 10.8 Å². The summed E-state index contributed by atoms with van der Waals surface area (Å²) in [5.74, 6) is 1.51. The van der Waals surface area contributed by atoms with E-state index in [0.29, 0.717) is 11.8 Å². The van der Waals surface area contributed by atoms with Crippen molar-refractivity contribution in [1.82, 2.24) is 5.32 Å². The lowest BCUT2D eigenvalue weighted by Crippen LogP contribution is -2.29. The van der Waals surface area contributed by atoms with E-state index in [-0.39, 0.29) is 0 Å². The maximum atomic E-state index is 12.0. The van der Waals surface area contributed by atoms with Crippen molar-refractivity contribution in [1.29, 1.82) is 0 Å². The Balaban J connectivity index is 2.19. The van der Waals surface area contributed by atoms with Crippen molar-refractivity contribution in [3.63, 3.8) is 0 Å². The number of rotatable bonds is 10. The summed E-state index contributed by atoms with van der Waals surface area (Å²) < 4.78 is 12.0. The van der Waals surface area contributed by atoms with Crippen LogP contribution in [0.25, 0.3) is 0 Å². The SMILES string of the molecule is CCCNC(CC)CCCS(=O)Cc1ccccc1. The fourth-order valence-corrected chi connectivity index (χ4v) is 3.32. The van der Waals surface area contributed by atoms with Crippen LogP contribution in [-0.2, 0) is 16.6 Å². The van der Waals surface area contributed by atoms with Gasteiger partial charge in [0.1, 0.15) is 0 Å². The van der Waals surface area contributed by atoms with Crippen LogP contribution in [0.1, 0.15) is 45.1 Å². The lowest BCUT2D eigenvalue weighted by atomic mass is 10.1. The largest absolute Gasteiger partial charge is 0.314 e. The summed E-state index contributed by atoms with van der Waals surface area (Å²) in [6.45, 7) is 5.49. The molecule has 3 heteroatoms. The first-order valence-corrected chi connectivity index (χ1v) is 8.87. The zero-order chi connectivity index (χ0) is 13.9. The molecule has 0 bridgehead atoms. The number of nitrogens with one attached hydrogen (secondary N) is 1. The minimum Gasteiger partial charge on any atom is -0.314 e. The lowest BCUT2D eigenvalue weighted by Gasteiger charge is -2.16. The molecule has 1 aromatic carbocycles. The second-order valence-corrected chi connectivity index (χ2v) is 6.55. The van der Waals surface area contributed by atoms with Crippen LogP contribution < -0.4 is 5.32 Å². The highest BCUT2D eigenvalue weighted by atomic mass is 32.2.